The highest BCUT2D eigenvalue weighted by atomic mass is 16.5. The van der Waals surface area contributed by atoms with Crippen molar-refractivity contribution < 1.29 is 9.84 Å². The average Bonchev–Trinajstić information content (AvgIpc) is 2.99. The number of ether oxygens (including phenoxy) is 1. The van der Waals surface area contributed by atoms with Gasteiger partial charge in [-0.1, -0.05) is 12.1 Å². The molecule has 116 valence electrons. The van der Waals surface area contributed by atoms with E-state index in [0.717, 1.165) is 25.4 Å². The third kappa shape index (κ3) is 3.29. The molecule has 0 aliphatic carbocycles. The molecule has 1 aromatic carbocycles. The Balaban J connectivity index is 1.68. The van der Waals surface area contributed by atoms with Crippen LogP contribution < -0.4 is 4.74 Å². The molecule has 1 aromatic heterocycles. The number of likely N-dealkylation sites (tertiary alicyclic amines) is 1. The number of rotatable bonds is 5. The van der Waals surface area contributed by atoms with Crippen molar-refractivity contribution in [2.45, 2.75) is 12.5 Å². The summed E-state index contributed by atoms with van der Waals surface area (Å²) in [6.07, 6.45) is 3.66. The SMILES string of the molecule is COc1ccc(CN2C[C@@H](CO)[C@H](c3ccncc3)C2)cc1. The maximum Gasteiger partial charge on any atom is 0.118 e. The number of hydrogen-bond acceptors (Lipinski definition) is 4. The van der Waals surface area contributed by atoms with Crippen LogP contribution in [-0.4, -0.2) is 41.8 Å². The lowest BCUT2D eigenvalue weighted by Gasteiger charge is -2.16. The van der Waals surface area contributed by atoms with Crippen LogP contribution in [-0.2, 0) is 6.54 Å². The molecule has 3 rings (SSSR count). The lowest BCUT2D eigenvalue weighted by Crippen LogP contribution is -2.20. The Morgan fingerprint density at radius 2 is 1.86 bits per heavy atom. The number of aromatic nitrogens is 1. The van der Waals surface area contributed by atoms with Gasteiger partial charge in [0.05, 0.1) is 7.11 Å². The molecule has 1 fully saturated rings. The van der Waals surface area contributed by atoms with Gasteiger partial charge >= 0.3 is 0 Å². The summed E-state index contributed by atoms with van der Waals surface area (Å²) in [4.78, 5) is 6.49. The zero-order valence-electron chi connectivity index (χ0n) is 12.9. The van der Waals surface area contributed by atoms with E-state index in [-0.39, 0.29) is 6.61 Å². The van der Waals surface area contributed by atoms with Crippen LogP contribution in [0.1, 0.15) is 17.0 Å². The van der Waals surface area contributed by atoms with Gasteiger partial charge in [-0.3, -0.25) is 9.88 Å². The zero-order valence-corrected chi connectivity index (χ0v) is 12.9. The Morgan fingerprint density at radius 3 is 2.50 bits per heavy atom. The molecule has 2 aromatic rings. The van der Waals surface area contributed by atoms with Crippen LogP contribution in [0.4, 0.5) is 0 Å². The van der Waals surface area contributed by atoms with Crippen LogP contribution in [0, 0.1) is 5.92 Å². The number of nitrogens with zero attached hydrogens (tertiary/aromatic N) is 2. The van der Waals surface area contributed by atoms with Gasteiger partial charge < -0.3 is 9.84 Å². The van der Waals surface area contributed by atoms with Gasteiger partial charge in [0.15, 0.2) is 0 Å². The maximum absolute atomic E-state index is 9.69. The molecule has 2 heterocycles. The molecule has 0 saturated carbocycles. The molecule has 0 amide bonds. The fourth-order valence-electron chi connectivity index (χ4n) is 3.25. The number of hydrogen-bond donors (Lipinski definition) is 1. The van der Waals surface area contributed by atoms with Crippen molar-refractivity contribution >= 4 is 0 Å². The van der Waals surface area contributed by atoms with Crippen LogP contribution >= 0.6 is 0 Å². The predicted molar refractivity (Wildman–Crippen MR) is 85.8 cm³/mol. The molecule has 0 radical (unpaired) electrons. The van der Waals surface area contributed by atoms with Gasteiger partial charge in [-0.05, 0) is 35.4 Å². The first-order valence-electron chi connectivity index (χ1n) is 7.66. The Kier molecular flexibility index (Phi) is 4.71. The van der Waals surface area contributed by atoms with Crippen molar-refractivity contribution in [3.05, 3.63) is 59.9 Å². The molecule has 0 spiro atoms. The van der Waals surface area contributed by atoms with Crippen LogP contribution in [0.3, 0.4) is 0 Å². The van der Waals surface area contributed by atoms with E-state index in [1.54, 1.807) is 7.11 Å². The Morgan fingerprint density at radius 1 is 1.14 bits per heavy atom. The van der Waals surface area contributed by atoms with Crippen LogP contribution in [0.5, 0.6) is 5.75 Å². The standard InChI is InChI=1S/C18H22N2O2/c1-22-17-4-2-14(3-5-17)10-20-11-16(13-21)18(12-20)15-6-8-19-9-7-15/h2-9,16,18,21H,10-13H2,1H3/t16-,18-/m0/s1. The Hall–Kier alpha value is -1.91. The molecule has 1 saturated heterocycles. The minimum Gasteiger partial charge on any atom is -0.497 e. The monoisotopic (exact) mass is 298 g/mol. The molecule has 1 aliphatic heterocycles. The van der Waals surface area contributed by atoms with Gasteiger partial charge in [0, 0.05) is 50.5 Å². The summed E-state index contributed by atoms with van der Waals surface area (Å²) in [5, 5.41) is 9.69. The summed E-state index contributed by atoms with van der Waals surface area (Å²) >= 11 is 0. The molecular formula is C18H22N2O2. The largest absolute Gasteiger partial charge is 0.497 e. The highest BCUT2D eigenvalue weighted by Crippen LogP contribution is 2.33. The third-order valence-electron chi connectivity index (χ3n) is 4.45. The van der Waals surface area contributed by atoms with Crippen LogP contribution in [0.15, 0.2) is 48.8 Å². The fourth-order valence-corrected chi connectivity index (χ4v) is 3.25. The van der Waals surface area contributed by atoms with Gasteiger partial charge in [0.2, 0.25) is 0 Å². The summed E-state index contributed by atoms with van der Waals surface area (Å²) in [7, 11) is 1.68. The van der Waals surface area contributed by atoms with Gasteiger partial charge in [0.25, 0.3) is 0 Å². The number of benzene rings is 1. The lowest BCUT2D eigenvalue weighted by molar-refractivity contribution is 0.214. The first-order chi connectivity index (χ1) is 10.8. The summed E-state index contributed by atoms with van der Waals surface area (Å²) in [5.41, 5.74) is 2.54. The smallest absolute Gasteiger partial charge is 0.118 e. The summed E-state index contributed by atoms with van der Waals surface area (Å²) < 4.78 is 5.20. The molecule has 1 N–H and O–H groups in total. The molecule has 22 heavy (non-hydrogen) atoms. The van der Waals surface area contributed by atoms with E-state index in [0.29, 0.717) is 11.8 Å². The molecular weight excluding hydrogens is 276 g/mol. The molecule has 0 bridgehead atoms. The van der Waals surface area contributed by atoms with Crippen molar-refractivity contribution in [3.63, 3.8) is 0 Å². The number of aliphatic hydroxyl groups is 1. The van der Waals surface area contributed by atoms with E-state index >= 15 is 0 Å². The second kappa shape index (κ2) is 6.90. The Labute approximate surface area is 131 Å². The summed E-state index contributed by atoms with van der Waals surface area (Å²) in [5.74, 6) is 1.56. The number of pyridine rings is 1. The van der Waals surface area contributed by atoms with E-state index in [1.165, 1.54) is 11.1 Å². The second-order valence-electron chi connectivity index (χ2n) is 5.87. The molecule has 0 unspecified atom stereocenters. The van der Waals surface area contributed by atoms with Gasteiger partial charge in [-0.25, -0.2) is 0 Å². The average molecular weight is 298 g/mol. The predicted octanol–water partition coefficient (Wildman–Crippen LogP) is 2.30. The van der Waals surface area contributed by atoms with E-state index in [9.17, 15) is 5.11 Å². The lowest BCUT2D eigenvalue weighted by atomic mass is 9.90. The minimum absolute atomic E-state index is 0.228. The summed E-state index contributed by atoms with van der Waals surface area (Å²) in [6.45, 7) is 3.03. The molecule has 1 aliphatic rings. The van der Waals surface area contributed by atoms with Crippen molar-refractivity contribution in [2.75, 3.05) is 26.8 Å². The first-order valence-corrected chi connectivity index (χ1v) is 7.66. The quantitative estimate of drug-likeness (QED) is 0.920. The molecule has 4 heteroatoms. The molecule has 4 nitrogen and oxygen atoms in total. The maximum atomic E-state index is 9.69. The second-order valence-corrected chi connectivity index (χ2v) is 5.87. The van der Waals surface area contributed by atoms with Crippen molar-refractivity contribution in [3.8, 4) is 5.75 Å². The third-order valence-corrected chi connectivity index (χ3v) is 4.45. The summed E-state index contributed by atoms with van der Waals surface area (Å²) in [6, 6.07) is 12.3. The van der Waals surface area contributed by atoms with Crippen molar-refractivity contribution in [1.82, 2.24) is 9.88 Å². The van der Waals surface area contributed by atoms with Crippen molar-refractivity contribution in [1.29, 1.82) is 0 Å². The van der Waals surface area contributed by atoms with E-state index in [1.807, 2.05) is 24.5 Å². The minimum atomic E-state index is 0.228. The van der Waals surface area contributed by atoms with E-state index < -0.39 is 0 Å². The number of methoxy groups -OCH3 is 1. The highest BCUT2D eigenvalue weighted by molar-refractivity contribution is 5.27. The number of aliphatic hydroxyl groups excluding tert-OH is 1. The normalized spacial score (nSPS) is 21.9. The first kappa shape index (κ1) is 15.0. The van der Waals surface area contributed by atoms with Crippen LogP contribution in [0.2, 0.25) is 0 Å². The topological polar surface area (TPSA) is 45.6 Å². The van der Waals surface area contributed by atoms with Crippen molar-refractivity contribution in [2.24, 2.45) is 5.92 Å². The van der Waals surface area contributed by atoms with Gasteiger partial charge in [-0.2, -0.15) is 0 Å². The van der Waals surface area contributed by atoms with Gasteiger partial charge in [0.1, 0.15) is 5.75 Å². The molecule has 2 atom stereocenters. The van der Waals surface area contributed by atoms with Crippen LogP contribution in [0.25, 0.3) is 0 Å². The van der Waals surface area contributed by atoms with E-state index in [2.05, 4.69) is 34.1 Å². The Bertz CT molecular complexity index is 586. The highest BCUT2D eigenvalue weighted by Gasteiger charge is 2.33. The fraction of sp³-hybridized carbons (Fsp3) is 0.389. The van der Waals surface area contributed by atoms with E-state index in [4.69, 9.17) is 4.74 Å². The zero-order chi connectivity index (χ0) is 15.4. The van der Waals surface area contributed by atoms with Gasteiger partial charge in [-0.15, -0.1) is 0 Å².